The molecule has 0 saturated carbocycles. The van der Waals surface area contributed by atoms with Crippen molar-refractivity contribution in [2.24, 2.45) is 0 Å². The van der Waals surface area contributed by atoms with Crippen molar-refractivity contribution >= 4 is 6.03 Å². The maximum atomic E-state index is 12.0. The van der Waals surface area contributed by atoms with Crippen LogP contribution in [0.4, 0.5) is 4.79 Å². The van der Waals surface area contributed by atoms with Crippen LogP contribution in [0.3, 0.4) is 0 Å². The van der Waals surface area contributed by atoms with Crippen LogP contribution in [-0.4, -0.2) is 24.3 Å². The number of hydrogen-bond acceptors (Lipinski definition) is 4. The average molecular weight is 332 g/mol. The van der Waals surface area contributed by atoms with Gasteiger partial charge in [0.25, 0.3) is 0 Å². The molecule has 130 valence electrons. The fourth-order valence-electron chi connectivity index (χ4n) is 2.44. The lowest BCUT2D eigenvalue weighted by Crippen LogP contribution is -2.41. The highest BCUT2D eigenvalue weighted by Crippen LogP contribution is 2.18. The third-order valence-corrected chi connectivity index (χ3v) is 3.58. The van der Waals surface area contributed by atoms with Gasteiger partial charge in [-0.1, -0.05) is 24.3 Å². The van der Waals surface area contributed by atoms with E-state index in [-0.39, 0.29) is 12.1 Å². The summed E-state index contributed by atoms with van der Waals surface area (Å²) >= 11 is 0. The first kappa shape index (κ1) is 18.0. The number of carbonyl (C=O) groups excluding carboxylic acids is 1. The average Bonchev–Trinajstić information content (AvgIpc) is 3.08. The highest BCUT2D eigenvalue weighted by molar-refractivity contribution is 5.74. The van der Waals surface area contributed by atoms with Gasteiger partial charge in [-0.25, -0.2) is 4.79 Å². The number of benzene rings is 1. The quantitative estimate of drug-likeness (QED) is 0.694. The lowest BCUT2D eigenvalue weighted by Gasteiger charge is -2.17. The molecule has 2 rings (SSSR count). The minimum Gasteiger partial charge on any atom is -0.467 e. The number of furan rings is 1. The van der Waals surface area contributed by atoms with Crippen molar-refractivity contribution in [1.82, 2.24) is 10.6 Å². The predicted molar refractivity (Wildman–Crippen MR) is 90.3 cm³/mol. The molecule has 0 aliphatic heterocycles. The van der Waals surface area contributed by atoms with Gasteiger partial charge < -0.3 is 24.9 Å². The molecule has 2 amide bonds. The van der Waals surface area contributed by atoms with E-state index in [1.807, 2.05) is 31.2 Å². The molecule has 2 unspecified atom stereocenters. The predicted octanol–water partition coefficient (Wildman–Crippen LogP) is 2.74. The molecule has 24 heavy (non-hydrogen) atoms. The number of rotatable bonds is 8. The molecular formula is C18H24N2O4. The lowest BCUT2D eigenvalue weighted by atomic mass is 10.1. The van der Waals surface area contributed by atoms with E-state index >= 15 is 0 Å². The van der Waals surface area contributed by atoms with Crippen LogP contribution in [0, 0.1) is 0 Å². The second-order valence-electron chi connectivity index (χ2n) is 5.75. The Kier molecular flexibility index (Phi) is 6.84. The summed E-state index contributed by atoms with van der Waals surface area (Å²) in [5, 5.41) is 15.6. The highest BCUT2D eigenvalue weighted by Gasteiger charge is 2.16. The summed E-state index contributed by atoms with van der Waals surface area (Å²) < 4.78 is 10.2. The summed E-state index contributed by atoms with van der Waals surface area (Å²) in [7, 11) is 1.65. The van der Waals surface area contributed by atoms with E-state index < -0.39 is 6.10 Å². The Balaban J connectivity index is 1.75. The van der Waals surface area contributed by atoms with Crippen molar-refractivity contribution in [1.29, 1.82) is 0 Å². The molecule has 3 N–H and O–H groups in total. The maximum Gasteiger partial charge on any atom is 0.315 e. The van der Waals surface area contributed by atoms with Crippen molar-refractivity contribution < 1.29 is 19.1 Å². The molecule has 0 fully saturated rings. The highest BCUT2D eigenvalue weighted by atomic mass is 16.5. The zero-order chi connectivity index (χ0) is 17.4. The van der Waals surface area contributed by atoms with Gasteiger partial charge in [0, 0.05) is 26.1 Å². The summed E-state index contributed by atoms with van der Waals surface area (Å²) in [4.78, 5) is 12.0. The number of aliphatic hydroxyl groups excluding tert-OH is 1. The molecule has 0 saturated heterocycles. The Morgan fingerprint density at radius 1 is 1.29 bits per heavy atom. The molecule has 1 heterocycles. The van der Waals surface area contributed by atoms with E-state index in [9.17, 15) is 9.90 Å². The van der Waals surface area contributed by atoms with Crippen LogP contribution in [0.25, 0.3) is 0 Å². The fourth-order valence-corrected chi connectivity index (χ4v) is 2.44. The van der Waals surface area contributed by atoms with Crippen LogP contribution in [0.5, 0.6) is 0 Å². The summed E-state index contributed by atoms with van der Waals surface area (Å²) in [6.45, 7) is 2.81. The molecule has 2 atom stereocenters. The van der Waals surface area contributed by atoms with Crippen LogP contribution in [0.15, 0.2) is 47.1 Å². The first-order valence-corrected chi connectivity index (χ1v) is 7.91. The third kappa shape index (κ3) is 5.72. The molecule has 6 heteroatoms. The van der Waals surface area contributed by atoms with Crippen LogP contribution >= 0.6 is 0 Å². The van der Waals surface area contributed by atoms with Crippen molar-refractivity contribution in [3.63, 3.8) is 0 Å². The second kappa shape index (κ2) is 9.10. The van der Waals surface area contributed by atoms with Gasteiger partial charge in [-0.3, -0.25) is 0 Å². The Bertz CT molecular complexity index is 628. The van der Waals surface area contributed by atoms with Crippen molar-refractivity contribution in [3.8, 4) is 0 Å². The van der Waals surface area contributed by atoms with Crippen molar-refractivity contribution in [3.05, 3.63) is 59.5 Å². The third-order valence-electron chi connectivity index (χ3n) is 3.58. The maximum absolute atomic E-state index is 12.0. The van der Waals surface area contributed by atoms with Crippen LogP contribution in [-0.2, 0) is 17.9 Å². The number of hydrogen-bond donors (Lipinski definition) is 3. The minimum atomic E-state index is -0.735. The van der Waals surface area contributed by atoms with E-state index in [2.05, 4.69) is 10.6 Å². The van der Waals surface area contributed by atoms with Gasteiger partial charge in [0.05, 0.1) is 12.9 Å². The van der Waals surface area contributed by atoms with Crippen LogP contribution < -0.4 is 10.6 Å². The molecule has 1 aromatic carbocycles. The number of aliphatic hydroxyl groups is 1. The van der Waals surface area contributed by atoms with Gasteiger partial charge in [-0.2, -0.15) is 0 Å². The first-order chi connectivity index (χ1) is 11.6. The Labute approximate surface area is 141 Å². The standard InChI is InChI=1S/C18H24N2O4/c1-13(9-16(21)17-7-4-8-24-17)20-18(22)19-11-14-5-3-6-15(10-14)12-23-2/h3-8,10,13,16,21H,9,11-12H2,1-2H3,(H2,19,20,22). The van der Waals surface area contributed by atoms with E-state index in [1.165, 1.54) is 6.26 Å². The number of methoxy groups -OCH3 is 1. The molecular weight excluding hydrogens is 308 g/mol. The number of carbonyl (C=O) groups is 1. The molecule has 0 radical (unpaired) electrons. The number of ether oxygens (including phenoxy) is 1. The molecule has 2 aromatic rings. The second-order valence-corrected chi connectivity index (χ2v) is 5.75. The van der Waals surface area contributed by atoms with Crippen LogP contribution in [0.1, 0.15) is 36.3 Å². The first-order valence-electron chi connectivity index (χ1n) is 7.91. The molecule has 0 bridgehead atoms. The van der Waals surface area contributed by atoms with Gasteiger partial charge in [0.1, 0.15) is 11.9 Å². The summed E-state index contributed by atoms with van der Waals surface area (Å²) in [5.41, 5.74) is 2.06. The molecule has 0 aliphatic rings. The Morgan fingerprint density at radius 3 is 2.79 bits per heavy atom. The van der Waals surface area contributed by atoms with E-state index in [4.69, 9.17) is 9.15 Å². The van der Waals surface area contributed by atoms with Crippen molar-refractivity contribution in [2.75, 3.05) is 7.11 Å². The molecule has 0 aliphatic carbocycles. The number of nitrogens with one attached hydrogen (secondary N) is 2. The van der Waals surface area contributed by atoms with E-state index in [1.54, 1.807) is 19.2 Å². The van der Waals surface area contributed by atoms with Crippen molar-refractivity contribution in [2.45, 2.75) is 38.6 Å². The van der Waals surface area contributed by atoms with Gasteiger partial charge in [0.15, 0.2) is 0 Å². The Morgan fingerprint density at radius 2 is 2.08 bits per heavy atom. The Hall–Kier alpha value is -2.31. The molecule has 0 spiro atoms. The molecule has 6 nitrogen and oxygen atoms in total. The smallest absolute Gasteiger partial charge is 0.315 e. The van der Waals surface area contributed by atoms with Gasteiger partial charge in [0.2, 0.25) is 0 Å². The minimum absolute atomic E-state index is 0.190. The van der Waals surface area contributed by atoms with Gasteiger partial charge >= 0.3 is 6.03 Å². The van der Waals surface area contributed by atoms with Gasteiger partial charge in [-0.05, 0) is 30.2 Å². The van der Waals surface area contributed by atoms with E-state index in [0.717, 1.165) is 11.1 Å². The summed E-state index contributed by atoms with van der Waals surface area (Å²) in [6.07, 6.45) is 1.16. The summed E-state index contributed by atoms with van der Waals surface area (Å²) in [5.74, 6) is 0.499. The zero-order valence-corrected chi connectivity index (χ0v) is 14.0. The summed E-state index contributed by atoms with van der Waals surface area (Å²) in [6, 6.07) is 10.8. The fraction of sp³-hybridized carbons (Fsp3) is 0.389. The normalized spacial score (nSPS) is 13.3. The lowest BCUT2D eigenvalue weighted by molar-refractivity contribution is 0.129. The SMILES string of the molecule is COCc1cccc(CNC(=O)NC(C)CC(O)c2ccco2)c1. The van der Waals surface area contributed by atoms with E-state index in [0.29, 0.717) is 25.3 Å². The largest absolute Gasteiger partial charge is 0.467 e. The van der Waals surface area contributed by atoms with Crippen LogP contribution in [0.2, 0.25) is 0 Å². The number of amides is 2. The monoisotopic (exact) mass is 332 g/mol. The van der Waals surface area contributed by atoms with Gasteiger partial charge in [-0.15, -0.1) is 0 Å². The molecule has 1 aromatic heterocycles. The zero-order valence-electron chi connectivity index (χ0n) is 14.0. The number of urea groups is 1. The topological polar surface area (TPSA) is 83.7 Å².